The van der Waals surface area contributed by atoms with E-state index in [-0.39, 0.29) is 19.1 Å². The molecule has 28 heavy (non-hydrogen) atoms. The molecule has 0 bridgehead atoms. The van der Waals surface area contributed by atoms with E-state index in [0.29, 0.717) is 16.7 Å². The lowest BCUT2D eigenvalue weighted by atomic mass is 10.1. The number of halogens is 1. The molecular weight excluding hydrogens is 380 g/mol. The minimum atomic E-state index is -0.528. The topological polar surface area (TPSA) is 74.5 Å². The van der Waals surface area contributed by atoms with Crippen LogP contribution in [0.2, 0.25) is 5.02 Å². The normalized spacial score (nSPS) is 10.8. The minimum Gasteiger partial charge on any atom is -0.482 e. The van der Waals surface area contributed by atoms with E-state index in [1.165, 1.54) is 0 Å². The van der Waals surface area contributed by atoms with E-state index in [4.69, 9.17) is 25.5 Å². The molecule has 0 aliphatic carbocycles. The number of nitrogens with zero attached hydrogens (tertiary/aromatic N) is 2. The molecule has 0 unspecified atom stereocenters. The van der Waals surface area contributed by atoms with Gasteiger partial charge in [0.15, 0.2) is 13.2 Å². The van der Waals surface area contributed by atoms with E-state index in [0.717, 1.165) is 16.3 Å². The number of aromatic nitrogens is 2. The van der Waals surface area contributed by atoms with Crippen molar-refractivity contribution in [2.75, 3.05) is 6.61 Å². The largest absolute Gasteiger partial charge is 0.482 e. The number of fused-ring (bicyclic) bond motifs is 1. The zero-order valence-corrected chi connectivity index (χ0v) is 15.4. The highest BCUT2D eigenvalue weighted by Crippen LogP contribution is 2.21. The van der Waals surface area contributed by atoms with Crippen LogP contribution in [-0.2, 0) is 16.1 Å². The molecule has 1 heterocycles. The monoisotopic (exact) mass is 394 g/mol. The first kappa shape index (κ1) is 18.0. The maximum atomic E-state index is 11.9. The third-order valence-corrected chi connectivity index (χ3v) is 4.24. The van der Waals surface area contributed by atoms with Crippen molar-refractivity contribution in [2.24, 2.45) is 0 Å². The number of ether oxygens (including phenoxy) is 2. The lowest BCUT2D eigenvalue weighted by Gasteiger charge is -2.07. The van der Waals surface area contributed by atoms with Crippen LogP contribution in [0.5, 0.6) is 5.75 Å². The summed E-state index contributed by atoms with van der Waals surface area (Å²) < 4.78 is 16.1. The van der Waals surface area contributed by atoms with Gasteiger partial charge in [-0.25, -0.2) is 4.79 Å². The van der Waals surface area contributed by atoms with E-state index in [9.17, 15) is 4.79 Å². The molecule has 140 valence electrons. The van der Waals surface area contributed by atoms with E-state index in [2.05, 4.69) is 10.2 Å². The van der Waals surface area contributed by atoms with Crippen molar-refractivity contribution in [2.45, 2.75) is 6.61 Å². The van der Waals surface area contributed by atoms with Crippen LogP contribution in [0.3, 0.4) is 0 Å². The summed E-state index contributed by atoms with van der Waals surface area (Å²) in [5, 5.41) is 10.6. The highest BCUT2D eigenvalue weighted by atomic mass is 35.5. The van der Waals surface area contributed by atoms with Crippen LogP contribution in [0.25, 0.3) is 22.2 Å². The number of rotatable bonds is 6. The van der Waals surface area contributed by atoms with Gasteiger partial charge < -0.3 is 13.9 Å². The van der Waals surface area contributed by atoms with Gasteiger partial charge in [-0.15, -0.1) is 10.2 Å². The van der Waals surface area contributed by atoms with Crippen molar-refractivity contribution in [3.63, 3.8) is 0 Å². The number of carbonyl (C=O) groups excluding carboxylic acids is 1. The first-order valence-corrected chi connectivity index (χ1v) is 8.91. The SMILES string of the molecule is O=C(COc1ccc2ccccc2c1)OCc1nnc(-c2ccc(Cl)cc2)o1. The summed E-state index contributed by atoms with van der Waals surface area (Å²) in [6.07, 6.45) is 0. The average Bonchev–Trinajstić information content (AvgIpc) is 3.20. The maximum Gasteiger partial charge on any atom is 0.344 e. The summed E-state index contributed by atoms with van der Waals surface area (Å²) in [6.45, 7) is -0.336. The van der Waals surface area contributed by atoms with E-state index in [1.54, 1.807) is 24.3 Å². The molecule has 4 aromatic rings. The van der Waals surface area contributed by atoms with Crippen LogP contribution in [0, 0.1) is 0 Å². The third-order valence-electron chi connectivity index (χ3n) is 3.99. The third kappa shape index (κ3) is 4.29. The van der Waals surface area contributed by atoms with Crippen LogP contribution >= 0.6 is 11.6 Å². The van der Waals surface area contributed by atoms with E-state index in [1.807, 2.05) is 42.5 Å². The van der Waals surface area contributed by atoms with Crippen molar-refractivity contribution >= 4 is 28.3 Å². The fraction of sp³-hybridized carbons (Fsp3) is 0.0952. The second-order valence-electron chi connectivity index (χ2n) is 5.97. The zero-order chi connectivity index (χ0) is 19.3. The van der Waals surface area contributed by atoms with Crippen LogP contribution in [0.1, 0.15) is 5.89 Å². The number of hydrogen-bond acceptors (Lipinski definition) is 6. The molecule has 4 rings (SSSR count). The summed E-state index contributed by atoms with van der Waals surface area (Å²) in [7, 11) is 0. The molecule has 0 atom stereocenters. The Bertz CT molecular complexity index is 1110. The average molecular weight is 395 g/mol. The van der Waals surface area contributed by atoms with Gasteiger partial charge in [-0.2, -0.15) is 0 Å². The second-order valence-corrected chi connectivity index (χ2v) is 6.40. The molecule has 0 radical (unpaired) electrons. The summed E-state index contributed by atoms with van der Waals surface area (Å²) >= 11 is 5.86. The molecule has 0 N–H and O–H groups in total. The Balaban J connectivity index is 1.30. The smallest absolute Gasteiger partial charge is 0.344 e. The predicted molar refractivity (Wildman–Crippen MR) is 104 cm³/mol. The molecule has 0 aliphatic rings. The van der Waals surface area contributed by atoms with Crippen molar-refractivity contribution in [1.29, 1.82) is 0 Å². The maximum absolute atomic E-state index is 11.9. The zero-order valence-electron chi connectivity index (χ0n) is 14.7. The second kappa shape index (κ2) is 8.10. The summed E-state index contributed by atoms with van der Waals surface area (Å²) in [5.74, 6) is 0.594. The lowest BCUT2D eigenvalue weighted by Crippen LogP contribution is -2.14. The Morgan fingerprint density at radius 3 is 2.57 bits per heavy atom. The molecule has 0 spiro atoms. The summed E-state index contributed by atoms with van der Waals surface area (Å²) in [5.41, 5.74) is 0.731. The summed E-state index contributed by atoms with van der Waals surface area (Å²) in [6, 6.07) is 20.5. The van der Waals surface area contributed by atoms with Crippen LogP contribution in [0.4, 0.5) is 0 Å². The molecule has 0 saturated carbocycles. The Kier molecular flexibility index (Phi) is 5.21. The number of carbonyl (C=O) groups is 1. The molecule has 0 amide bonds. The number of hydrogen-bond donors (Lipinski definition) is 0. The highest BCUT2D eigenvalue weighted by Gasteiger charge is 2.11. The Hall–Kier alpha value is -3.38. The van der Waals surface area contributed by atoms with Gasteiger partial charge in [0.2, 0.25) is 5.89 Å². The Morgan fingerprint density at radius 1 is 0.964 bits per heavy atom. The van der Waals surface area contributed by atoms with Gasteiger partial charge in [-0.1, -0.05) is 41.9 Å². The molecule has 7 heteroatoms. The van der Waals surface area contributed by atoms with E-state index >= 15 is 0 Å². The Labute approximate surface area is 165 Å². The molecule has 0 aliphatic heterocycles. The van der Waals surface area contributed by atoms with Crippen molar-refractivity contribution in [1.82, 2.24) is 10.2 Å². The fourth-order valence-corrected chi connectivity index (χ4v) is 2.73. The molecule has 0 saturated heterocycles. The first-order valence-electron chi connectivity index (χ1n) is 8.53. The van der Waals surface area contributed by atoms with Crippen LogP contribution < -0.4 is 4.74 Å². The van der Waals surface area contributed by atoms with Gasteiger partial charge in [0, 0.05) is 10.6 Å². The van der Waals surface area contributed by atoms with Gasteiger partial charge in [-0.05, 0) is 47.2 Å². The number of esters is 1. The van der Waals surface area contributed by atoms with Gasteiger partial charge in [0.1, 0.15) is 5.75 Å². The van der Waals surface area contributed by atoms with Gasteiger partial charge in [-0.3, -0.25) is 0 Å². The fourth-order valence-electron chi connectivity index (χ4n) is 2.60. The molecule has 3 aromatic carbocycles. The van der Waals surface area contributed by atoms with Crippen LogP contribution in [0.15, 0.2) is 71.1 Å². The van der Waals surface area contributed by atoms with Crippen molar-refractivity contribution < 1.29 is 18.7 Å². The van der Waals surface area contributed by atoms with Crippen molar-refractivity contribution in [3.8, 4) is 17.2 Å². The van der Waals surface area contributed by atoms with Crippen LogP contribution in [-0.4, -0.2) is 22.8 Å². The van der Waals surface area contributed by atoms with E-state index < -0.39 is 5.97 Å². The van der Waals surface area contributed by atoms with Gasteiger partial charge >= 0.3 is 5.97 Å². The predicted octanol–water partition coefficient (Wildman–Crippen LogP) is 4.67. The minimum absolute atomic E-state index is 0.125. The quantitative estimate of drug-likeness (QED) is 0.442. The molecule has 1 aromatic heterocycles. The standard InChI is InChI=1S/C21H15ClN2O4/c22-17-8-5-15(6-9-17)21-24-23-19(28-21)12-27-20(25)13-26-18-10-7-14-3-1-2-4-16(14)11-18/h1-11H,12-13H2. The van der Waals surface area contributed by atoms with Crippen molar-refractivity contribution in [3.05, 3.63) is 77.6 Å². The highest BCUT2D eigenvalue weighted by molar-refractivity contribution is 6.30. The molecule has 6 nitrogen and oxygen atoms in total. The lowest BCUT2D eigenvalue weighted by molar-refractivity contribution is -0.148. The number of benzene rings is 3. The summed E-state index contributed by atoms with van der Waals surface area (Å²) in [4.78, 5) is 11.9. The molecular formula is C21H15ClN2O4. The first-order chi connectivity index (χ1) is 13.7. The molecule has 0 fully saturated rings. The Morgan fingerprint density at radius 2 is 1.75 bits per heavy atom. The van der Waals surface area contributed by atoms with Gasteiger partial charge in [0.05, 0.1) is 0 Å². The van der Waals surface area contributed by atoms with Gasteiger partial charge in [0.25, 0.3) is 5.89 Å².